The summed E-state index contributed by atoms with van der Waals surface area (Å²) in [5, 5.41) is 6.27. The quantitative estimate of drug-likeness (QED) is 0.593. The lowest BCUT2D eigenvalue weighted by atomic mass is 9.83. The Hall–Kier alpha value is -2.44. The van der Waals surface area contributed by atoms with E-state index < -0.39 is 0 Å². The van der Waals surface area contributed by atoms with Crippen molar-refractivity contribution in [2.75, 3.05) is 19.8 Å². The molecule has 160 valence electrons. The van der Waals surface area contributed by atoms with Gasteiger partial charge in [-0.05, 0) is 50.2 Å². The summed E-state index contributed by atoms with van der Waals surface area (Å²) in [5.41, 5.74) is 3.33. The Labute approximate surface area is 177 Å². The number of hydrogen-bond donors (Lipinski definition) is 2. The van der Waals surface area contributed by atoms with Crippen molar-refractivity contribution in [3.05, 3.63) is 58.7 Å². The van der Waals surface area contributed by atoms with E-state index >= 15 is 0 Å². The SMILES string of the molecule is O=C(NC1CC1)C(=C1CCC1)C1C/C=C\COCCOCc2ccccc2C(=O)N1. The predicted molar refractivity (Wildman–Crippen MR) is 114 cm³/mol. The van der Waals surface area contributed by atoms with E-state index in [1.807, 2.05) is 36.4 Å². The standard InChI is InChI=1S/C24H30N2O4/c27-23-20-9-2-1-6-18(20)16-30-15-14-29-13-4-3-10-21(26-23)22(17-7-5-8-17)24(28)25-19-11-12-19/h1-4,6,9,19,21H,5,7-8,10-16H2,(H,25,28)(H,26,27)/b4-3-. The molecule has 4 rings (SSSR count). The van der Waals surface area contributed by atoms with Crippen LogP contribution >= 0.6 is 0 Å². The third-order valence-corrected chi connectivity index (χ3v) is 5.79. The lowest BCUT2D eigenvalue weighted by Gasteiger charge is -2.28. The zero-order valence-corrected chi connectivity index (χ0v) is 17.3. The summed E-state index contributed by atoms with van der Waals surface area (Å²) >= 11 is 0. The smallest absolute Gasteiger partial charge is 0.252 e. The number of nitrogens with one attached hydrogen (secondary N) is 2. The Bertz CT molecular complexity index is 835. The van der Waals surface area contributed by atoms with E-state index in [1.54, 1.807) is 0 Å². The van der Waals surface area contributed by atoms with Crippen molar-refractivity contribution in [1.29, 1.82) is 0 Å². The second kappa shape index (κ2) is 10.0. The van der Waals surface area contributed by atoms with Crippen LogP contribution in [0.3, 0.4) is 0 Å². The number of hydrogen-bond acceptors (Lipinski definition) is 4. The van der Waals surface area contributed by atoms with Gasteiger partial charge in [0.25, 0.3) is 5.91 Å². The molecule has 0 aromatic heterocycles. The van der Waals surface area contributed by atoms with Gasteiger partial charge in [-0.25, -0.2) is 0 Å². The summed E-state index contributed by atoms with van der Waals surface area (Å²) in [6.07, 6.45) is 9.53. The molecule has 1 heterocycles. The Balaban J connectivity index is 1.61. The zero-order chi connectivity index (χ0) is 20.8. The van der Waals surface area contributed by atoms with Crippen molar-refractivity contribution in [1.82, 2.24) is 10.6 Å². The van der Waals surface area contributed by atoms with Crippen LogP contribution in [-0.4, -0.2) is 43.7 Å². The topological polar surface area (TPSA) is 76.7 Å². The van der Waals surface area contributed by atoms with Crippen LogP contribution in [0.5, 0.6) is 0 Å². The molecule has 2 aliphatic carbocycles. The van der Waals surface area contributed by atoms with Crippen molar-refractivity contribution in [2.45, 2.75) is 57.2 Å². The van der Waals surface area contributed by atoms with Crippen molar-refractivity contribution in [2.24, 2.45) is 0 Å². The van der Waals surface area contributed by atoms with Crippen molar-refractivity contribution >= 4 is 11.8 Å². The maximum Gasteiger partial charge on any atom is 0.252 e. The van der Waals surface area contributed by atoms with Crippen molar-refractivity contribution < 1.29 is 19.1 Å². The van der Waals surface area contributed by atoms with Gasteiger partial charge in [-0.2, -0.15) is 0 Å². The molecule has 6 heteroatoms. The number of allylic oxidation sites excluding steroid dienone is 1. The van der Waals surface area contributed by atoms with E-state index in [9.17, 15) is 9.59 Å². The molecular formula is C24H30N2O4. The Morgan fingerprint density at radius 1 is 1.07 bits per heavy atom. The Morgan fingerprint density at radius 2 is 1.87 bits per heavy atom. The molecule has 2 saturated carbocycles. The second-order valence-electron chi connectivity index (χ2n) is 8.14. The van der Waals surface area contributed by atoms with Crippen molar-refractivity contribution in [3.63, 3.8) is 0 Å². The zero-order valence-electron chi connectivity index (χ0n) is 17.3. The molecule has 30 heavy (non-hydrogen) atoms. The van der Waals surface area contributed by atoms with Crippen LogP contribution in [0.1, 0.15) is 54.4 Å². The first kappa shape index (κ1) is 20.8. The van der Waals surface area contributed by atoms with Gasteiger partial charge in [0.15, 0.2) is 0 Å². The highest BCUT2D eigenvalue weighted by atomic mass is 16.5. The minimum atomic E-state index is -0.361. The largest absolute Gasteiger partial charge is 0.375 e. The summed E-state index contributed by atoms with van der Waals surface area (Å²) < 4.78 is 11.3. The molecule has 1 aliphatic heterocycles. The number of fused-ring (bicyclic) bond motifs is 1. The van der Waals surface area contributed by atoms with Gasteiger partial charge in [0.2, 0.25) is 5.91 Å². The van der Waals surface area contributed by atoms with E-state index in [0.29, 0.717) is 38.4 Å². The van der Waals surface area contributed by atoms with Gasteiger partial charge >= 0.3 is 0 Å². The van der Waals surface area contributed by atoms with Crippen LogP contribution in [0.4, 0.5) is 0 Å². The summed E-state index contributed by atoms with van der Waals surface area (Å²) in [5.74, 6) is -0.197. The first-order chi connectivity index (χ1) is 14.7. The molecule has 0 spiro atoms. The highest BCUT2D eigenvalue weighted by molar-refractivity contribution is 6.00. The van der Waals surface area contributed by atoms with Crippen LogP contribution < -0.4 is 10.6 Å². The molecule has 0 bridgehead atoms. The molecule has 2 N–H and O–H groups in total. The number of carbonyl (C=O) groups is 2. The van der Waals surface area contributed by atoms with Gasteiger partial charge in [0.1, 0.15) is 0 Å². The monoisotopic (exact) mass is 410 g/mol. The Kier molecular flexibility index (Phi) is 6.97. The van der Waals surface area contributed by atoms with Gasteiger partial charge in [-0.15, -0.1) is 0 Å². The number of benzene rings is 1. The number of ether oxygens (including phenoxy) is 2. The lowest BCUT2D eigenvalue weighted by molar-refractivity contribution is -0.118. The molecule has 1 aromatic carbocycles. The maximum atomic E-state index is 13.2. The number of amides is 2. The highest BCUT2D eigenvalue weighted by Gasteiger charge is 2.32. The lowest BCUT2D eigenvalue weighted by Crippen LogP contribution is -2.43. The van der Waals surface area contributed by atoms with E-state index in [1.165, 1.54) is 5.57 Å². The molecule has 1 aromatic rings. The van der Waals surface area contributed by atoms with Crippen LogP contribution in [0, 0.1) is 0 Å². The van der Waals surface area contributed by atoms with E-state index in [0.717, 1.165) is 43.2 Å². The minimum Gasteiger partial charge on any atom is -0.375 e. The predicted octanol–water partition coefficient (Wildman–Crippen LogP) is 3.04. The summed E-state index contributed by atoms with van der Waals surface area (Å²) in [4.78, 5) is 26.3. The Morgan fingerprint density at radius 3 is 2.63 bits per heavy atom. The van der Waals surface area contributed by atoms with Gasteiger partial charge in [0, 0.05) is 17.2 Å². The third kappa shape index (κ3) is 5.37. The number of carbonyl (C=O) groups excluding carboxylic acids is 2. The first-order valence-corrected chi connectivity index (χ1v) is 10.9. The molecule has 6 nitrogen and oxygen atoms in total. The highest BCUT2D eigenvalue weighted by Crippen LogP contribution is 2.32. The van der Waals surface area contributed by atoms with Crippen LogP contribution in [-0.2, 0) is 20.9 Å². The first-order valence-electron chi connectivity index (χ1n) is 10.9. The second-order valence-corrected chi connectivity index (χ2v) is 8.14. The van der Waals surface area contributed by atoms with Gasteiger partial charge < -0.3 is 20.1 Å². The van der Waals surface area contributed by atoms with Crippen LogP contribution in [0.2, 0.25) is 0 Å². The fraction of sp³-hybridized carbons (Fsp3) is 0.500. The number of rotatable bonds is 3. The summed E-state index contributed by atoms with van der Waals surface area (Å²) in [6, 6.07) is 7.39. The average Bonchev–Trinajstić information content (AvgIpc) is 3.52. The van der Waals surface area contributed by atoms with Gasteiger partial charge in [-0.3, -0.25) is 9.59 Å². The molecule has 0 saturated heterocycles. The molecular weight excluding hydrogens is 380 g/mol. The van der Waals surface area contributed by atoms with E-state index in [2.05, 4.69) is 10.6 Å². The van der Waals surface area contributed by atoms with Crippen LogP contribution in [0.25, 0.3) is 0 Å². The summed E-state index contributed by atoms with van der Waals surface area (Å²) in [7, 11) is 0. The molecule has 2 fully saturated rings. The molecule has 1 atom stereocenters. The van der Waals surface area contributed by atoms with Gasteiger partial charge in [-0.1, -0.05) is 35.9 Å². The molecule has 0 radical (unpaired) electrons. The van der Waals surface area contributed by atoms with Crippen molar-refractivity contribution in [3.8, 4) is 0 Å². The normalized spacial score (nSPS) is 23.9. The fourth-order valence-electron chi connectivity index (χ4n) is 3.78. The van der Waals surface area contributed by atoms with Crippen LogP contribution in [0.15, 0.2) is 47.6 Å². The maximum absolute atomic E-state index is 13.2. The fourth-order valence-corrected chi connectivity index (χ4v) is 3.78. The third-order valence-electron chi connectivity index (χ3n) is 5.79. The molecule has 2 amide bonds. The van der Waals surface area contributed by atoms with E-state index in [4.69, 9.17) is 9.47 Å². The average molecular weight is 411 g/mol. The minimum absolute atomic E-state index is 0.0279. The molecule has 1 unspecified atom stereocenters. The summed E-state index contributed by atoms with van der Waals surface area (Å²) in [6.45, 7) is 1.82. The molecule has 3 aliphatic rings. The van der Waals surface area contributed by atoms with Gasteiger partial charge in [0.05, 0.1) is 32.5 Å². The van der Waals surface area contributed by atoms with E-state index in [-0.39, 0.29) is 23.9 Å².